The first kappa shape index (κ1) is 71.0. The second kappa shape index (κ2) is 50.2. The van der Waals surface area contributed by atoms with E-state index in [0.29, 0.717) is 71.4 Å². The molecule has 0 aromatic heterocycles. The molecule has 1 rings (SSSR count). The lowest BCUT2D eigenvalue weighted by Gasteiger charge is -2.31. The minimum Gasteiger partial charge on any atom is -0.391 e. The molecule has 1 saturated heterocycles. The number of amides is 2. The van der Waals surface area contributed by atoms with Gasteiger partial charge in [-0.15, -0.1) is 0 Å². The molecule has 1 heterocycles. The highest BCUT2D eigenvalue weighted by Gasteiger charge is 2.33. The third kappa shape index (κ3) is 39.9. The van der Waals surface area contributed by atoms with Gasteiger partial charge in [-0.3, -0.25) is 19.4 Å². The van der Waals surface area contributed by atoms with Crippen LogP contribution in [-0.2, 0) is 9.59 Å². The molecule has 9 atom stereocenters. The zero-order valence-corrected chi connectivity index (χ0v) is 49.9. The van der Waals surface area contributed by atoms with Gasteiger partial charge in [-0.25, -0.2) is 0 Å². The average Bonchev–Trinajstić information content (AvgIpc) is 3.41. The summed E-state index contributed by atoms with van der Waals surface area (Å²) in [5.41, 5.74) is 0. The predicted molar refractivity (Wildman–Crippen MR) is 332 cm³/mol. The molecule has 10 nitrogen and oxygen atoms in total. The quantitative estimate of drug-likeness (QED) is 0.0201. The Kier molecular flexibility index (Phi) is 46.3. The summed E-state index contributed by atoms with van der Waals surface area (Å²) in [6, 6.07) is -1.22. The molecule has 2 amide bonds. The van der Waals surface area contributed by atoms with Crippen LogP contribution in [-0.4, -0.2) is 118 Å². The highest BCUT2D eigenvalue weighted by Crippen LogP contribution is 2.22. The molecule has 0 spiro atoms. The van der Waals surface area contributed by atoms with Crippen molar-refractivity contribution in [3.63, 3.8) is 0 Å². The number of rotatable bonds is 47. The van der Waals surface area contributed by atoms with Crippen molar-refractivity contribution >= 4 is 20.4 Å². The summed E-state index contributed by atoms with van der Waals surface area (Å²) < 4.78 is 0. The fourth-order valence-electron chi connectivity index (χ4n) is 8.72. The lowest BCUT2D eigenvalue weighted by atomic mass is 9.97. The fourth-order valence-corrected chi connectivity index (χ4v) is 9.58. The van der Waals surface area contributed by atoms with Gasteiger partial charge in [0.05, 0.1) is 24.2 Å². The number of hydrogen-bond acceptors (Lipinski definition) is 8. The van der Waals surface area contributed by atoms with Crippen molar-refractivity contribution in [1.29, 1.82) is 0 Å². The maximum Gasteiger partial charge on any atom is 0.243 e. The van der Waals surface area contributed by atoms with Crippen molar-refractivity contribution in [3.05, 3.63) is 146 Å². The van der Waals surface area contributed by atoms with Gasteiger partial charge in [-0.1, -0.05) is 196 Å². The van der Waals surface area contributed by atoms with Crippen LogP contribution in [0.5, 0.6) is 0 Å². The molecule has 6 N–H and O–H groups in total. The van der Waals surface area contributed by atoms with Crippen LogP contribution in [0, 0.1) is 11.8 Å². The number of piperazine rings is 1. The summed E-state index contributed by atoms with van der Waals surface area (Å²) in [6.07, 6.45) is 63.7. The Morgan fingerprint density at radius 1 is 0.468 bits per heavy atom. The first-order valence-electron chi connectivity index (χ1n) is 29.9. The van der Waals surface area contributed by atoms with Crippen LogP contribution in [0.3, 0.4) is 0 Å². The Balaban J connectivity index is 2.85. The summed E-state index contributed by atoms with van der Waals surface area (Å²) in [5.74, 6) is 1.08. The number of nitrogens with one attached hydrogen (secondary N) is 2. The first-order valence-corrected chi connectivity index (χ1v) is 31.0. The Labute approximate surface area is 471 Å². The standard InChI is InChI=1S/C66H109N4O6P/c1-7-12-16-20-24-28-31-35-39-47-59(71)53-69(55-63(73)58(11-5)46-38-34-30-26-22-18-14-9-3)50-42-40-48-60-65(75)68-61(66(76)67-60)49-41-43-51-70(56-64(74)77-52-44-36-32-27-23-19-15-10-4)54-62(72)57(6)45-37-33-29-25-21-17-13-8-2/h12-19,24-30,32,35,37-39,44-46,52,57-64,71-74,77H,7-11,20-23,31,33-34,36,40-43,47-51,53-56H2,1-6H3,(H,67,76)(H,68,75)/b16-12-,17-13-,18-14-,19-15-,28-24-,29-25-,30-26-,32-27-,39-35-,45-37-,46-38-,52-44-. The zero-order valence-electron chi connectivity index (χ0n) is 48.9. The molecule has 0 radical (unpaired) electrons. The van der Waals surface area contributed by atoms with Gasteiger partial charge >= 0.3 is 0 Å². The summed E-state index contributed by atoms with van der Waals surface area (Å²) in [4.78, 5) is 31.0. The van der Waals surface area contributed by atoms with E-state index < -0.39 is 36.2 Å². The smallest absolute Gasteiger partial charge is 0.243 e. The lowest BCUT2D eigenvalue weighted by Crippen LogP contribution is -2.61. The molecular formula is C66H109N4O6P. The van der Waals surface area contributed by atoms with Crippen LogP contribution >= 0.6 is 8.58 Å². The topological polar surface area (TPSA) is 146 Å². The van der Waals surface area contributed by atoms with Crippen molar-refractivity contribution in [1.82, 2.24) is 20.4 Å². The van der Waals surface area contributed by atoms with Gasteiger partial charge in [-0.2, -0.15) is 0 Å². The van der Waals surface area contributed by atoms with Crippen LogP contribution in [0.1, 0.15) is 170 Å². The van der Waals surface area contributed by atoms with Crippen molar-refractivity contribution in [2.75, 3.05) is 39.3 Å². The fraction of sp³-hybridized carbons (Fsp3) is 0.606. The number of unbranched alkanes of at least 4 members (excludes halogenated alkanes) is 2. The van der Waals surface area contributed by atoms with E-state index in [2.05, 4.69) is 195 Å². The zero-order chi connectivity index (χ0) is 56.4. The molecule has 434 valence electrons. The maximum absolute atomic E-state index is 13.4. The second-order valence-electron chi connectivity index (χ2n) is 20.3. The van der Waals surface area contributed by atoms with Crippen LogP contribution in [0.25, 0.3) is 0 Å². The van der Waals surface area contributed by atoms with Crippen molar-refractivity contribution in [2.24, 2.45) is 11.8 Å². The largest absolute Gasteiger partial charge is 0.391 e. The van der Waals surface area contributed by atoms with Gasteiger partial charge in [0, 0.05) is 38.0 Å². The summed E-state index contributed by atoms with van der Waals surface area (Å²) in [6.45, 7) is 15.6. The number of aliphatic hydroxyl groups excluding tert-OH is 4. The normalized spacial score (nSPS) is 18.9. The molecule has 0 aromatic rings. The number of aliphatic hydroxyl groups is 4. The average molecular weight is 1090 g/mol. The predicted octanol–water partition coefficient (Wildman–Crippen LogP) is 13.4. The van der Waals surface area contributed by atoms with Crippen molar-refractivity contribution in [3.8, 4) is 0 Å². The van der Waals surface area contributed by atoms with E-state index in [1.54, 1.807) is 0 Å². The molecule has 1 fully saturated rings. The molecule has 1 aliphatic rings. The minimum atomic E-state index is -0.612. The van der Waals surface area contributed by atoms with Gasteiger partial charge in [0.25, 0.3) is 0 Å². The number of carbonyl (C=O) groups excluding carboxylic acids is 2. The van der Waals surface area contributed by atoms with E-state index >= 15 is 0 Å². The summed E-state index contributed by atoms with van der Waals surface area (Å²) in [7, 11) is 0.238. The van der Waals surface area contributed by atoms with Gasteiger partial charge in [0.2, 0.25) is 11.8 Å². The summed E-state index contributed by atoms with van der Waals surface area (Å²) >= 11 is 0. The van der Waals surface area contributed by atoms with Gasteiger partial charge in [0.15, 0.2) is 0 Å². The number of allylic oxidation sites excluding steroid dienone is 20. The van der Waals surface area contributed by atoms with E-state index in [9.17, 15) is 30.0 Å². The number of hydrogen-bond donors (Lipinski definition) is 6. The molecule has 77 heavy (non-hydrogen) atoms. The highest BCUT2D eigenvalue weighted by molar-refractivity contribution is 7.42. The van der Waals surface area contributed by atoms with Crippen molar-refractivity contribution in [2.45, 2.75) is 206 Å². The van der Waals surface area contributed by atoms with Crippen LogP contribution < -0.4 is 10.6 Å². The molecule has 0 saturated carbocycles. The van der Waals surface area contributed by atoms with E-state index in [4.69, 9.17) is 0 Å². The molecule has 11 heteroatoms. The van der Waals surface area contributed by atoms with Gasteiger partial charge in [-0.05, 0) is 142 Å². The Bertz CT molecular complexity index is 1850. The van der Waals surface area contributed by atoms with E-state index in [1.165, 1.54) is 0 Å². The van der Waals surface area contributed by atoms with E-state index in [1.807, 2.05) is 13.0 Å². The van der Waals surface area contributed by atoms with Crippen LogP contribution in [0.2, 0.25) is 0 Å². The van der Waals surface area contributed by atoms with Crippen molar-refractivity contribution < 1.29 is 30.0 Å². The lowest BCUT2D eigenvalue weighted by molar-refractivity contribution is -0.137. The Morgan fingerprint density at radius 3 is 1.31 bits per heavy atom. The third-order valence-electron chi connectivity index (χ3n) is 13.3. The number of nitrogens with zero attached hydrogens (tertiary/aromatic N) is 2. The summed E-state index contributed by atoms with van der Waals surface area (Å²) in [5, 5.41) is 50.9. The minimum absolute atomic E-state index is 0.0119. The third-order valence-corrected chi connectivity index (χ3v) is 14.3. The highest BCUT2D eigenvalue weighted by atomic mass is 31.1. The Morgan fingerprint density at radius 2 is 0.857 bits per heavy atom. The number of carbonyl (C=O) groups is 2. The second-order valence-corrected chi connectivity index (χ2v) is 21.6. The maximum atomic E-state index is 13.4. The Hall–Kier alpha value is -3.99. The van der Waals surface area contributed by atoms with E-state index in [0.717, 1.165) is 96.3 Å². The monoisotopic (exact) mass is 1080 g/mol. The van der Waals surface area contributed by atoms with Gasteiger partial charge in [0.1, 0.15) is 12.1 Å². The van der Waals surface area contributed by atoms with Gasteiger partial charge < -0.3 is 31.1 Å². The molecular weight excluding hydrogens is 976 g/mol. The molecule has 0 bridgehead atoms. The molecule has 9 unspecified atom stereocenters. The molecule has 0 aliphatic carbocycles. The van der Waals surface area contributed by atoms with Crippen LogP contribution in [0.15, 0.2) is 146 Å². The van der Waals surface area contributed by atoms with E-state index in [-0.39, 0.29) is 32.2 Å². The van der Waals surface area contributed by atoms with Crippen LogP contribution in [0.4, 0.5) is 0 Å². The molecule has 1 aliphatic heterocycles. The SMILES string of the molecule is CC/C=C\C/C=C\C/C=C\CC(O)CN(CCCCC1NC(=O)C(CCCCN(CC(O)P/C=C\C/C=C\C/C=C\CC)CC(O)C(C)/C=C\C/C=C\C/C=C\CC)NC1=O)CC(O)C(/C=C\C/C=C\C/C=C\CC)CC. The molecule has 0 aromatic carbocycles. The first-order chi connectivity index (χ1) is 37.5.